The number of amides is 1. The third-order valence-corrected chi connectivity index (χ3v) is 6.54. The van der Waals surface area contributed by atoms with Crippen molar-refractivity contribution in [3.8, 4) is 0 Å². The first-order chi connectivity index (χ1) is 14.1. The maximum absolute atomic E-state index is 12.9. The Labute approximate surface area is 175 Å². The molecule has 1 amide bonds. The minimum Gasteiger partial charge on any atom is -0.379 e. The molecule has 3 aromatic rings. The molecule has 6 heteroatoms. The molecule has 1 N–H and O–H groups in total. The number of rotatable bonds is 5. The minimum absolute atomic E-state index is 0.0536. The Balaban J connectivity index is 1.75. The second kappa shape index (κ2) is 8.86. The monoisotopic (exact) mass is 407 g/mol. The molecule has 1 aliphatic rings. The standard InChI is InChI=1S/C23H25N3O2S/c1-16-17(2)29-23(25-22(27)19-6-4-3-5-7-19)20(16)21(18-8-10-24-11-9-18)26-12-14-28-15-13-26/h3-11,21H,12-15H2,1-2H3,(H,25,27)/t21-/m0/s1. The number of pyridine rings is 1. The number of aromatic nitrogens is 1. The van der Waals surface area contributed by atoms with E-state index in [0.29, 0.717) is 5.56 Å². The maximum atomic E-state index is 12.9. The average Bonchev–Trinajstić information content (AvgIpc) is 3.04. The van der Waals surface area contributed by atoms with Gasteiger partial charge < -0.3 is 10.1 Å². The first kappa shape index (κ1) is 19.8. The Hall–Kier alpha value is -2.54. The molecule has 150 valence electrons. The molecular formula is C23H25N3O2S. The summed E-state index contributed by atoms with van der Waals surface area (Å²) in [5.41, 5.74) is 4.24. The van der Waals surface area contributed by atoms with Crippen LogP contribution in [0.25, 0.3) is 0 Å². The van der Waals surface area contributed by atoms with Gasteiger partial charge in [0, 0.05) is 41.5 Å². The third-order valence-electron chi connectivity index (χ3n) is 5.40. The van der Waals surface area contributed by atoms with Gasteiger partial charge in [0.05, 0.1) is 19.3 Å². The average molecular weight is 408 g/mol. The van der Waals surface area contributed by atoms with Gasteiger partial charge in [0.15, 0.2) is 0 Å². The smallest absolute Gasteiger partial charge is 0.256 e. The van der Waals surface area contributed by atoms with Crippen molar-refractivity contribution in [3.63, 3.8) is 0 Å². The van der Waals surface area contributed by atoms with Gasteiger partial charge in [0.2, 0.25) is 0 Å². The van der Waals surface area contributed by atoms with Crippen LogP contribution in [0.2, 0.25) is 0 Å². The van der Waals surface area contributed by atoms with E-state index in [1.54, 1.807) is 11.3 Å². The van der Waals surface area contributed by atoms with E-state index < -0.39 is 0 Å². The van der Waals surface area contributed by atoms with E-state index in [-0.39, 0.29) is 11.9 Å². The lowest BCUT2D eigenvalue weighted by atomic mass is 9.95. The zero-order valence-corrected chi connectivity index (χ0v) is 17.5. The number of nitrogens with zero attached hydrogens (tertiary/aromatic N) is 2. The van der Waals surface area contributed by atoms with Crippen molar-refractivity contribution in [2.45, 2.75) is 19.9 Å². The second-order valence-corrected chi connectivity index (χ2v) is 8.40. The Kier molecular flexibility index (Phi) is 6.04. The van der Waals surface area contributed by atoms with Gasteiger partial charge in [-0.2, -0.15) is 0 Å². The number of hydrogen-bond donors (Lipinski definition) is 1. The predicted octanol–water partition coefficient (Wildman–Crippen LogP) is 4.43. The van der Waals surface area contributed by atoms with Crippen LogP contribution in [0.15, 0.2) is 54.9 Å². The molecule has 1 atom stereocenters. The van der Waals surface area contributed by atoms with Crippen molar-refractivity contribution in [2.75, 3.05) is 31.6 Å². The van der Waals surface area contributed by atoms with Crippen LogP contribution >= 0.6 is 11.3 Å². The van der Waals surface area contributed by atoms with Crippen LogP contribution in [-0.4, -0.2) is 42.1 Å². The van der Waals surface area contributed by atoms with Crippen LogP contribution in [0.4, 0.5) is 5.00 Å². The summed E-state index contributed by atoms with van der Waals surface area (Å²) >= 11 is 1.65. The molecule has 4 rings (SSSR count). The minimum atomic E-state index is -0.0800. The Morgan fingerprint density at radius 1 is 1.10 bits per heavy atom. The number of hydrogen-bond acceptors (Lipinski definition) is 5. The van der Waals surface area contributed by atoms with E-state index in [2.05, 4.69) is 41.2 Å². The van der Waals surface area contributed by atoms with Gasteiger partial charge >= 0.3 is 0 Å². The summed E-state index contributed by atoms with van der Waals surface area (Å²) in [6.45, 7) is 7.41. The van der Waals surface area contributed by atoms with E-state index in [1.165, 1.54) is 21.6 Å². The summed E-state index contributed by atoms with van der Waals surface area (Å²) in [5, 5.41) is 4.10. The molecular weight excluding hydrogens is 382 g/mol. The normalized spacial score (nSPS) is 15.8. The number of carbonyl (C=O) groups excluding carboxylic acids is 1. The van der Waals surface area contributed by atoms with Gasteiger partial charge in [-0.15, -0.1) is 11.3 Å². The fraction of sp³-hybridized carbons (Fsp3) is 0.304. The number of anilines is 1. The largest absolute Gasteiger partial charge is 0.379 e. The lowest BCUT2D eigenvalue weighted by molar-refractivity contribution is 0.0240. The van der Waals surface area contributed by atoms with Crippen molar-refractivity contribution < 1.29 is 9.53 Å². The predicted molar refractivity (Wildman–Crippen MR) is 117 cm³/mol. The van der Waals surface area contributed by atoms with Crippen LogP contribution < -0.4 is 5.32 Å². The molecule has 29 heavy (non-hydrogen) atoms. The van der Waals surface area contributed by atoms with Gasteiger partial charge in [-0.25, -0.2) is 0 Å². The lowest BCUT2D eigenvalue weighted by Gasteiger charge is -2.35. The first-order valence-electron chi connectivity index (χ1n) is 9.83. The molecule has 5 nitrogen and oxygen atoms in total. The Morgan fingerprint density at radius 3 is 2.48 bits per heavy atom. The van der Waals surface area contributed by atoms with Crippen molar-refractivity contribution >= 4 is 22.2 Å². The van der Waals surface area contributed by atoms with E-state index in [4.69, 9.17) is 4.74 Å². The number of ether oxygens (including phenoxy) is 1. The van der Waals surface area contributed by atoms with E-state index >= 15 is 0 Å². The molecule has 0 bridgehead atoms. The number of aryl methyl sites for hydroxylation is 1. The molecule has 1 fully saturated rings. The maximum Gasteiger partial charge on any atom is 0.256 e. The van der Waals surface area contributed by atoms with Gasteiger partial charge in [-0.05, 0) is 49.2 Å². The van der Waals surface area contributed by atoms with Crippen molar-refractivity contribution in [1.29, 1.82) is 0 Å². The SMILES string of the molecule is Cc1sc(NC(=O)c2ccccc2)c([C@H](c2ccncc2)N2CCOCC2)c1C. The van der Waals surface area contributed by atoms with E-state index in [0.717, 1.165) is 31.3 Å². The molecule has 0 saturated carbocycles. The van der Waals surface area contributed by atoms with E-state index in [1.807, 2.05) is 42.7 Å². The summed E-state index contributed by atoms with van der Waals surface area (Å²) in [6, 6.07) is 13.5. The molecule has 0 spiro atoms. The van der Waals surface area contributed by atoms with Gasteiger partial charge in [-0.3, -0.25) is 14.7 Å². The first-order valence-corrected chi connectivity index (χ1v) is 10.6. The van der Waals surface area contributed by atoms with Gasteiger partial charge in [0.25, 0.3) is 5.91 Å². The van der Waals surface area contributed by atoms with Crippen LogP contribution in [0.5, 0.6) is 0 Å². The van der Waals surface area contributed by atoms with Gasteiger partial charge in [-0.1, -0.05) is 18.2 Å². The zero-order chi connectivity index (χ0) is 20.2. The molecule has 1 aromatic carbocycles. The fourth-order valence-corrected chi connectivity index (χ4v) is 4.86. The number of thiophene rings is 1. The molecule has 2 aromatic heterocycles. The van der Waals surface area contributed by atoms with Crippen molar-refractivity contribution in [2.24, 2.45) is 0 Å². The highest BCUT2D eigenvalue weighted by molar-refractivity contribution is 7.16. The van der Waals surface area contributed by atoms with Crippen LogP contribution in [-0.2, 0) is 4.74 Å². The highest BCUT2D eigenvalue weighted by Gasteiger charge is 2.30. The van der Waals surface area contributed by atoms with Crippen LogP contribution in [0.1, 0.15) is 38.0 Å². The number of carbonyl (C=O) groups is 1. The molecule has 0 aliphatic carbocycles. The molecule has 3 heterocycles. The number of morpholine rings is 1. The van der Waals surface area contributed by atoms with Crippen LogP contribution in [0, 0.1) is 13.8 Å². The van der Waals surface area contributed by atoms with Crippen molar-refractivity contribution in [1.82, 2.24) is 9.88 Å². The summed E-state index contributed by atoms with van der Waals surface area (Å²) < 4.78 is 5.59. The summed E-state index contributed by atoms with van der Waals surface area (Å²) in [7, 11) is 0. The highest BCUT2D eigenvalue weighted by atomic mass is 32.1. The number of benzene rings is 1. The molecule has 1 saturated heterocycles. The molecule has 1 aliphatic heterocycles. The zero-order valence-electron chi connectivity index (χ0n) is 16.7. The van der Waals surface area contributed by atoms with Crippen LogP contribution in [0.3, 0.4) is 0 Å². The van der Waals surface area contributed by atoms with Crippen molar-refractivity contribution in [3.05, 3.63) is 82.0 Å². The quantitative estimate of drug-likeness (QED) is 0.680. The number of nitrogens with one attached hydrogen (secondary N) is 1. The molecule has 0 radical (unpaired) electrons. The fourth-order valence-electron chi connectivity index (χ4n) is 3.77. The molecule has 0 unspecified atom stereocenters. The third kappa shape index (κ3) is 4.24. The topological polar surface area (TPSA) is 54.5 Å². The lowest BCUT2D eigenvalue weighted by Crippen LogP contribution is -2.40. The van der Waals surface area contributed by atoms with Gasteiger partial charge in [0.1, 0.15) is 5.00 Å². The Bertz CT molecular complexity index is 967. The summed E-state index contributed by atoms with van der Waals surface area (Å²) in [4.78, 5) is 20.7. The highest BCUT2D eigenvalue weighted by Crippen LogP contribution is 2.42. The summed E-state index contributed by atoms with van der Waals surface area (Å²) in [6.07, 6.45) is 3.67. The van der Waals surface area contributed by atoms with E-state index in [9.17, 15) is 4.79 Å². The summed E-state index contributed by atoms with van der Waals surface area (Å²) in [5.74, 6) is -0.0800. The Morgan fingerprint density at radius 2 is 1.79 bits per heavy atom. The second-order valence-electron chi connectivity index (χ2n) is 7.18.